The van der Waals surface area contributed by atoms with Crippen LogP contribution in [-0.2, 0) is 13.0 Å². The standard InChI is InChI=1S/C16H17Cl2NO/c1-20-16-4-2-12(3-5-16)6-7-19-11-13-8-14(17)10-15(18)9-13/h2-5,8-10,19H,6-7,11H2,1H3. The minimum atomic E-state index is 0.671. The Morgan fingerprint density at radius 2 is 1.60 bits per heavy atom. The highest BCUT2D eigenvalue weighted by atomic mass is 35.5. The van der Waals surface area contributed by atoms with Gasteiger partial charge in [-0.05, 0) is 54.4 Å². The molecule has 0 fully saturated rings. The highest BCUT2D eigenvalue weighted by Gasteiger charge is 1.99. The summed E-state index contributed by atoms with van der Waals surface area (Å²) in [5, 5.41) is 4.73. The van der Waals surface area contributed by atoms with Crippen molar-refractivity contribution >= 4 is 23.2 Å². The molecule has 2 aromatic carbocycles. The van der Waals surface area contributed by atoms with E-state index in [2.05, 4.69) is 17.4 Å². The summed E-state index contributed by atoms with van der Waals surface area (Å²) in [5.41, 5.74) is 2.37. The van der Waals surface area contributed by atoms with Crippen LogP contribution in [0.2, 0.25) is 10.0 Å². The molecule has 0 aromatic heterocycles. The van der Waals surface area contributed by atoms with Crippen LogP contribution in [0, 0.1) is 0 Å². The molecular weight excluding hydrogens is 293 g/mol. The molecule has 2 aromatic rings. The molecule has 0 aliphatic carbocycles. The lowest BCUT2D eigenvalue weighted by molar-refractivity contribution is 0.414. The maximum absolute atomic E-state index is 5.96. The number of rotatable bonds is 6. The van der Waals surface area contributed by atoms with Crippen molar-refractivity contribution in [3.8, 4) is 5.75 Å². The Labute approximate surface area is 129 Å². The summed E-state index contributed by atoms with van der Waals surface area (Å²) in [5.74, 6) is 0.885. The molecule has 0 amide bonds. The van der Waals surface area contributed by atoms with Crippen LogP contribution >= 0.6 is 23.2 Å². The number of ether oxygens (including phenoxy) is 1. The molecule has 0 radical (unpaired) electrons. The number of hydrogen-bond donors (Lipinski definition) is 1. The summed E-state index contributed by atoms with van der Waals surface area (Å²) in [6.45, 7) is 1.66. The van der Waals surface area contributed by atoms with E-state index >= 15 is 0 Å². The third-order valence-electron chi connectivity index (χ3n) is 3.00. The fourth-order valence-corrected chi connectivity index (χ4v) is 2.54. The second kappa shape index (κ2) is 7.53. The zero-order valence-corrected chi connectivity index (χ0v) is 12.8. The first-order valence-corrected chi connectivity index (χ1v) is 7.21. The average Bonchev–Trinajstić information content (AvgIpc) is 2.43. The second-order valence-corrected chi connectivity index (χ2v) is 5.43. The molecule has 0 saturated heterocycles. The second-order valence-electron chi connectivity index (χ2n) is 4.55. The Balaban J connectivity index is 1.78. The van der Waals surface area contributed by atoms with Gasteiger partial charge in [0.15, 0.2) is 0 Å². The van der Waals surface area contributed by atoms with Crippen LogP contribution in [0.15, 0.2) is 42.5 Å². The smallest absolute Gasteiger partial charge is 0.118 e. The number of halogens is 2. The van der Waals surface area contributed by atoms with Crippen LogP contribution in [0.1, 0.15) is 11.1 Å². The molecule has 106 valence electrons. The molecule has 1 N–H and O–H groups in total. The minimum Gasteiger partial charge on any atom is -0.497 e. The molecule has 0 unspecified atom stereocenters. The highest BCUT2D eigenvalue weighted by molar-refractivity contribution is 6.34. The van der Waals surface area contributed by atoms with E-state index < -0.39 is 0 Å². The molecule has 0 bridgehead atoms. The molecule has 0 spiro atoms. The fourth-order valence-electron chi connectivity index (χ4n) is 1.97. The van der Waals surface area contributed by atoms with Crippen molar-refractivity contribution in [1.29, 1.82) is 0 Å². The van der Waals surface area contributed by atoms with Gasteiger partial charge < -0.3 is 10.1 Å². The van der Waals surface area contributed by atoms with Gasteiger partial charge in [0, 0.05) is 16.6 Å². The molecule has 0 saturated carbocycles. The third-order valence-corrected chi connectivity index (χ3v) is 3.44. The number of nitrogens with one attached hydrogen (secondary N) is 1. The molecule has 0 aliphatic rings. The fraction of sp³-hybridized carbons (Fsp3) is 0.250. The highest BCUT2D eigenvalue weighted by Crippen LogP contribution is 2.18. The first kappa shape index (κ1) is 15.2. The van der Waals surface area contributed by atoms with Gasteiger partial charge in [0.05, 0.1) is 7.11 Å². The molecule has 4 heteroatoms. The molecule has 20 heavy (non-hydrogen) atoms. The minimum absolute atomic E-state index is 0.671. The van der Waals surface area contributed by atoms with Gasteiger partial charge >= 0.3 is 0 Å². The van der Waals surface area contributed by atoms with Crippen molar-refractivity contribution in [2.75, 3.05) is 13.7 Å². The Kier molecular flexibility index (Phi) is 5.72. The largest absolute Gasteiger partial charge is 0.497 e. The number of hydrogen-bond acceptors (Lipinski definition) is 2. The van der Waals surface area contributed by atoms with E-state index in [1.165, 1.54) is 5.56 Å². The SMILES string of the molecule is COc1ccc(CCNCc2cc(Cl)cc(Cl)c2)cc1. The van der Waals surface area contributed by atoms with E-state index in [9.17, 15) is 0 Å². The van der Waals surface area contributed by atoms with Gasteiger partial charge in [0.25, 0.3) is 0 Å². The van der Waals surface area contributed by atoms with Gasteiger partial charge in [-0.3, -0.25) is 0 Å². The molecule has 2 rings (SSSR count). The van der Waals surface area contributed by atoms with E-state index in [1.54, 1.807) is 13.2 Å². The lowest BCUT2D eigenvalue weighted by atomic mass is 10.1. The van der Waals surface area contributed by atoms with Crippen molar-refractivity contribution in [1.82, 2.24) is 5.32 Å². The van der Waals surface area contributed by atoms with Crippen LogP contribution in [0.5, 0.6) is 5.75 Å². The van der Waals surface area contributed by atoms with Crippen LogP contribution < -0.4 is 10.1 Å². The summed E-state index contributed by atoms with van der Waals surface area (Å²) >= 11 is 11.9. The van der Waals surface area contributed by atoms with Crippen molar-refractivity contribution in [2.24, 2.45) is 0 Å². The van der Waals surface area contributed by atoms with Crippen molar-refractivity contribution in [3.63, 3.8) is 0 Å². The van der Waals surface area contributed by atoms with Gasteiger partial charge in [0.2, 0.25) is 0 Å². The maximum atomic E-state index is 5.96. The van der Waals surface area contributed by atoms with Crippen molar-refractivity contribution < 1.29 is 4.74 Å². The topological polar surface area (TPSA) is 21.3 Å². The Bertz CT molecular complexity index is 535. The zero-order chi connectivity index (χ0) is 14.4. The summed E-state index contributed by atoms with van der Waals surface area (Å²) in [6.07, 6.45) is 0.971. The normalized spacial score (nSPS) is 10.6. The zero-order valence-electron chi connectivity index (χ0n) is 11.3. The average molecular weight is 310 g/mol. The molecule has 0 heterocycles. The van der Waals surface area contributed by atoms with E-state index in [0.29, 0.717) is 10.0 Å². The van der Waals surface area contributed by atoms with Crippen molar-refractivity contribution in [2.45, 2.75) is 13.0 Å². The first-order valence-electron chi connectivity index (χ1n) is 6.46. The molecule has 2 nitrogen and oxygen atoms in total. The van der Waals surface area contributed by atoms with E-state index in [-0.39, 0.29) is 0 Å². The summed E-state index contributed by atoms with van der Waals surface area (Å²) in [7, 11) is 1.67. The Hall–Kier alpha value is -1.22. The van der Waals surface area contributed by atoms with Gasteiger partial charge in [-0.1, -0.05) is 35.3 Å². The maximum Gasteiger partial charge on any atom is 0.118 e. The van der Waals surface area contributed by atoms with Gasteiger partial charge in [-0.25, -0.2) is 0 Å². The molecule has 0 atom stereocenters. The summed E-state index contributed by atoms with van der Waals surface area (Å²) in [4.78, 5) is 0. The Morgan fingerprint density at radius 3 is 2.20 bits per heavy atom. The van der Waals surface area contributed by atoms with Gasteiger partial charge in [-0.15, -0.1) is 0 Å². The monoisotopic (exact) mass is 309 g/mol. The lowest BCUT2D eigenvalue weighted by Gasteiger charge is -2.07. The summed E-state index contributed by atoms with van der Waals surface area (Å²) in [6, 6.07) is 13.7. The van der Waals surface area contributed by atoms with Crippen LogP contribution in [0.3, 0.4) is 0 Å². The van der Waals surface area contributed by atoms with Crippen LogP contribution in [0.25, 0.3) is 0 Å². The van der Waals surface area contributed by atoms with E-state index in [1.807, 2.05) is 24.3 Å². The van der Waals surface area contributed by atoms with Gasteiger partial charge in [-0.2, -0.15) is 0 Å². The van der Waals surface area contributed by atoms with E-state index in [4.69, 9.17) is 27.9 Å². The third kappa shape index (κ3) is 4.71. The van der Waals surface area contributed by atoms with Gasteiger partial charge in [0.1, 0.15) is 5.75 Å². The predicted molar refractivity (Wildman–Crippen MR) is 84.9 cm³/mol. The van der Waals surface area contributed by atoms with Crippen LogP contribution in [0.4, 0.5) is 0 Å². The van der Waals surface area contributed by atoms with E-state index in [0.717, 1.165) is 30.8 Å². The quantitative estimate of drug-likeness (QED) is 0.802. The summed E-state index contributed by atoms with van der Waals surface area (Å²) < 4.78 is 5.13. The lowest BCUT2D eigenvalue weighted by Crippen LogP contribution is -2.16. The Morgan fingerprint density at radius 1 is 0.950 bits per heavy atom. The number of benzene rings is 2. The number of methoxy groups -OCH3 is 1. The molecular formula is C16H17Cl2NO. The van der Waals surface area contributed by atoms with Crippen LogP contribution in [-0.4, -0.2) is 13.7 Å². The predicted octanol–water partition coefficient (Wildman–Crippen LogP) is 4.33. The van der Waals surface area contributed by atoms with Crippen molar-refractivity contribution in [3.05, 3.63) is 63.6 Å². The molecule has 0 aliphatic heterocycles. The first-order chi connectivity index (χ1) is 9.67.